The Hall–Kier alpha value is -2.44. The van der Waals surface area contributed by atoms with E-state index in [0.29, 0.717) is 25.0 Å². The number of fused-ring (bicyclic) bond motifs is 1. The van der Waals surface area contributed by atoms with Gasteiger partial charge in [-0.2, -0.15) is 0 Å². The maximum Gasteiger partial charge on any atom is 0.298 e. The van der Waals surface area contributed by atoms with Crippen molar-refractivity contribution < 1.29 is 18.7 Å². The molecule has 1 unspecified atom stereocenters. The quantitative estimate of drug-likeness (QED) is 0.492. The second-order valence-corrected chi connectivity index (χ2v) is 9.46. The van der Waals surface area contributed by atoms with E-state index < -0.39 is 11.7 Å². The lowest BCUT2D eigenvalue weighted by atomic mass is 9.94. The van der Waals surface area contributed by atoms with Gasteiger partial charge < -0.3 is 14.1 Å². The van der Waals surface area contributed by atoms with Crippen LogP contribution in [0.3, 0.4) is 0 Å². The van der Waals surface area contributed by atoms with E-state index in [-0.39, 0.29) is 11.9 Å². The van der Waals surface area contributed by atoms with Crippen molar-refractivity contribution in [2.24, 2.45) is 5.92 Å². The average Bonchev–Trinajstić information content (AvgIpc) is 3.60. The van der Waals surface area contributed by atoms with Gasteiger partial charge in [-0.3, -0.25) is 14.5 Å². The highest BCUT2D eigenvalue weighted by Crippen LogP contribution is 2.29. The van der Waals surface area contributed by atoms with Crippen molar-refractivity contribution in [2.75, 3.05) is 32.8 Å². The number of Topliss-reactive ketones (excluding diaryl/α,β-unsaturated/α-hetero) is 1. The van der Waals surface area contributed by atoms with E-state index in [1.165, 1.54) is 17.4 Å². The molecule has 2 saturated heterocycles. The van der Waals surface area contributed by atoms with Crippen LogP contribution in [0.1, 0.15) is 47.4 Å². The van der Waals surface area contributed by atoms with Gasteiger partial charge >= 0.3 is 0 Å². The summed E-state index contributed by atoms with van der Waals surface area (Å²) in [5.74, 6) is -0.508. The molecule has 32 heavy (non-hydrogen) atoms. The highest BCUT2D eigenvalue weighted by Gasteiger charge is 2.33. The lowest BCUT2D eigenvalue weighted by Crippen LogP contribution is -2.47. The third-order valence-corrected chi connectivity index (χ3v) is 7.35. The maximum atomic E-state index is 13.1. The number of piperidine rings is 1. The van der Waals surface area contributed by atoms with E-state index in [0.717, 1.165) is 58.2 Å². The lowest BCUT2D eigenvalue weighted by Gasteiger charge is -2.38. The summed E-state index contributed by atoms with van der Waals surface area (Å²) >= 11 is 0. The Bertz CT molecular complexity index is 902. The highest BCUT2D eigenvalue weighted by molar-refractivity contribution is 6.41. The number of ether oxygens (including phenoxy) is 1. The molecule has 1 aliphatic carbocycles. The minimum atomic E-state index is -0.561. The van der Waals surface area contributed by atoms with Gasteiger partial charge in [0, 0.05) is 25.7 Å². The Labute approximate surface area is 189 Å². The molecule has 1 atom stereocenters. The van der Waals surface area contributed by atoms with Crippen LogP contribution in [0.4, 0.5) is 0 Å². The van der Waals surface area contributed by atoms with Crippen LogP contribution >= 0.6 is 0 Å². The number of hydrogen-bond donors (Lipinski definition) is 0. The van der Waals surface area contributed by atoms with Crippen LogP contribution in [0.5, 0.6) is 0 Å². The molecule has 3 aliphatic rings. The van der Waals surface area contributed by atoms with Crippen LogP contribution in [-0.2, 0) is 22.4 Å². The molecule has 2 fully saturated rings. The number of amides is 1. The number of hydrogen-bond acceptors (Lipinski definition) is 5. The first-order valence-corrected chi connectivity index (χ1v) is 12.0. The van der Waals surface area contributed by atoms with Gasteiger partial charge in [0.05, 0.1) is 12.4 Å². The Morgan fingerprint density at radius 2 is 1.72 bits per heavy atom. The summed E-state index contributed by atoms with van der Waals surface area (Å²) < 4.78 is 11.0. The molecule has 1 aromatic heterocycles. The zero-order chi connectivity index (χ0) is 21.9. The van der Waals surface area contributed by atoms with Crippen molar-refractivity contribution in [3.63, 3.8) is 0 Å². The largest absolute Gasteiger partial charge is 0.461 e. The first kappa shape index (κ1) is 21.4. The molecule has 5 rings (SSSR count). The van der Waals surface area contributed by atoms with Gasteiger partial charge in [0.15, 0.2) is 5.76 Å². The van der Waals surface area contributed by atoms with Gasteiger partial charge in [-0.15, -0.1) is 0 Å². The number of carbonyl (C=O) groups excluding carboxylic acids is 2. The van der Waals surface area contributed by atoms with E-state index in [9.17, 15) is 9.59 Å². The SMILES string of the molecule is O=C(C(=O)N(CC1CCN(C2Cc3ccccc3C2)CC1)CC1CCCO1)c1ccco1. The molecule has 0 bridgehead atoms. The monoisotopic (exact) mass is 436 g/mol. The molecular formula is C26H32N2O4. The molecule has 2 aliphatic heterocycles. The van der Waals surface area contributed by atoms with Gasteiger partial charge in [0.1, 0.15) is 0 Å². The van der Waals surface area contributed by atoms with Gasteiger partial charge in [-0.1, -0.05) is 24.3 Å². The van der Waals surface area contributed by atoms with Crippen molar-refractivity contribution in [3.8, 4) is 0 Å². The zero-order valence-electron chi connectivity index (χ0n) is 18.6. The predicted octanol–water partition coefficient (Wildman–Crippen LogP) is 3.35. The maximum absolute atomic E-state index is 13.1. The van der Waals surface area contributed by atoms with Gasteiger partial charge in [-0.25, -0.2) is 0 Å². The Balaban J connectivity index is 1.18. The fourth-order valence-electron chi connectivity index (χ4n) is 5.54. The molecule has 0 saturated carbocycles. The van der Waals surface area contributed by atoms with E-state index in [1.54, 1.807) is 17.0 Å². The number of ketones is 1. The Morgan fingerprint density at radius 3 is 2.34 bits per heavy atom. The van der Waals surface area contributed by atoms with E-state index in [2.05, 4.69) is 29.2 Å². The average molecular weight is 437 g/mol. The van der Waals surface area contributed by atoms with Crippen LogP contribution in [0.25, 0.3) is 0 Å². The molecule has 170 valence electrons. The molecule has 0 N–H and O–H groups in total. The molecule has 0 radical (unpaired) electrons. The molecule has 0 spiro atoms. The van der Waals surface area contributed by atoms with Crippen LogP contribution in [0, 0.1) is 5.92 Å². The molecule has 1 aromatic carbocycles. The molecule has 6 nitrogen and oxygen atoms in total. The number of nitrogens with zero attached hydrogens (tertiary/aromatic N) is 2. The second-order valence-electron chi connectivity index (χ2n) is 9.46. The fraction of sp³-hybridized carbons (Fsp3) is 0.538. The minimum absolute atomic E-state index is 0.0282. The number of likely N-dealkylation sites (tertiary alicyclic amines) is 1. The molecule has 2 aromatic rings. The first-order valence-electron chi connectivity index (χ1n) is 12.0. The van der Waals surface area contributed by atoms with Gasteiger partial charge in [0.2, 0.25) is 0 Å². The van der Waals surface area contributed by atoms with Crippen LogP contribution in [-0.4, -0.2) is 66.4 Å². The van der Waals surface area contributed by atoms with E-state index in [1.807, 2.05) is 0 Å². The van der Waals surface area contributed by atoms with Crippen molar-refractivity contribution in [3.05, 3.63) is 59.5 Å². The smallest absolute Gasteiger partial charge is 0.298 e. The van der Waals surface area contributed by atoms with Crippen molar-refractivity contribution in [1.29, 1.82) is 0 Å². The van der Waals surface area contributed by atoms with Crippen LogP contribution in [0.15, 0.2) is 47.1 Å². The minimum Gasteiger partial charge on any atom is -0.461 e. The number of furan rings is 1. The molecule has 3 heterocycles. The standard InChI is InChI=1S/C26H32N2O4/c29-25(24-8-4-14-32-24)26(30)28(18-23-7-3-13-31-23)17-19-9-11-27(12-10-19)22-15-20-5-1-2-6-21(20)16-22/h1-2,4-6,8,14,19,22-23H,3,7,9-13,15-18H2. The third kappa shape index (κ3) is 4.66. The number of benzene rings is 1. The van der Waals surface area contributed by atoms with Crippen molar-refractivity contribution >= 4 is 11.7 Å². The summed E-state index contributed by atoms with van der Waals surface area (Å²) in [4.78, 5) is 30.1. The zero-order valence-corrected chi connectivity index (χ0v) is 18.6. The van der Waals surface area contributed by atoms with E-state index >= 15 is 0 Å². The molecule has 6 heteroatoms. The fourth-order valence-corrected chi connectivity index (χ4v) is 5.54. The Morgan fingerprint density at radius 1 is 0.969 bits per heavy atom. The Kier molecular flexibility index (Phi) is 6.42. The summed E-state index contributed by atoms with van der Waals surface area (Å²) in [5.41, 5.74) is 2.98. The summed E-state index contributed by atoms with van der Waals surface area (Å²) in [6.45, 7) is 3.95. The van der Waals surface area contributed by atoms with Crippen LogP contribution < -0.4 is 0 Å². The summed E-state index contributed by atoms with van der Waals surface area (Å²) in [7, 11) is 0. The third-order valence-electron chi connectivity index (χ3n) is 7.35. The second kappa shape index (κ2) is 9.59. The summed E-state index contributed by atoms with van der Waals surface area (Å²) in [5, 5.41) is 0. The van der Waals surface area contributed by atoms with Crippen molar-refractivity contribution in [1.82, 2.24) is 9.80 Å². The lowest BCUT2D eigenvalue weighted by molar-refractivity contribution is -0.129. The van der Waals surface area contributed by atoms with Gasteiger partial charge in [-0.05, 0) is 80.8 Å². The summed E-state index contributed by atoms with van der Waals surface area (Å²) in [6.07, 6.45) is 7.81. The van der Waals surface area contributed by atoms with Gasteiger partial charge in [0.25, 0.3) is 11.7 Å². The predicted molar refractivity (Wildman–Crippen MR) is 121 cm³/mol. The van der Waals surface area contributed by atoms with Crippen molar-refractivity contribution in [2.45, 2.75) is 50.7 Å². The number of rotatable bonds is 7. The molecule has 1 amide bonds. The summed E-state index contributed by atoms with van der Waals surface area (Å²) in [6, 6.07) is 12.6. The van der Waals surface area contributed by atoms with Crippen LogP contribution in [0.2, 0.25) is 0 Å². The molecular weight excluding hydrogens is 404 g/mol. The topological polar surface area (TPSA) is 63.0 Å². The highest BCUT2D eigenvalue weighted by atomic mass is 16.5. The first-order chi connectivity index (χ1) is 15.7. The van der Waals surface area contributed by atoms with E-state index in [4.69, 9.17) is 9.15 Å². The number of carbonyl (C=O) groups is 2. The normalized spacial score (nSPS) is 22.2.